The summed E-state index contributed by atoms with van der Waals surface area (Å²) in [6.45, 7) is 2.79. The van der Waals surface area contributed by atoms with Crippen molar-refractivity contribution in [3.8, 4) is 5.75 Å². The highest BCUT2D eigenvalue weighted by Gasteiger charge is 2.11. The molecular weight excluding hydrogens is 292 g/mol. The van der Waals surface area contributed by atoms with Crippen LogP contribution < -0.4 is 4.74 Å². The fourth-order valence-corrected chi connectivity index (χ4v) is 2.08. The van der Waals surface area contributed by atoms with E-state index < -0.39 is 5.97 Å². The van der Waals surface area contributed by atoms with E-state index in [1.165, 1.54) is 7.11 Å². The van der Waals surface area contributed by atoms with Crippen LogP contribution in [0.5, 0.6) is 5.75 Å². The lowest BCUT2D eigenvalue weighted by atomic mass is 10.0. The smallest absolute Gasteiger partial charge is 0.337 e. The summed E-state index contributed by atoms with van der Waals surface area (Å²) >= 11 is 0. The summed E-state index contributed by atoms with van der Waals surface area (Å²) in [5, 5.41) is 0. The van der Waals surface area contributed by atoms with Crippen molar-refractivity contribution in [2.45, 2.75) is 19.8 Å². The first-order chi connectivity index (χ1) is 11.2. The highest BCUT2D eigenvalue weighted by atomic mass is 16.5. The normalized spacial score (nSPS) is 10.2. The molecule has 0 amide bonds. The second kappa shape index (κ2) is 8.13. The summed E-state index contributed by atoms with van der Waals surface area (Å²) < 4.78 is 10.2. The van der Waals surface area contributed by atoms with Gasteiger partial charge in [0.25, 0.3) is 0 Å². The standard InChI is InChI=1S/C19H20O4/c1-3-4-13-23-17-11-9-15(10-12-17)18(20)14-5-7-16(8-6-14)19(21)22-2/h5-12H,3-4,13H2,1-2H3. The number of benzene rings is 2. The number of ketones is 1. The van der Waals surface area contributed by atoms with Gasteiger partial charge in [0, 0.05) is 11.1 Å². The summed E-state index contributed by atoms with van der Waals surface area (Å²) in [6, 6.07) is 13.5. The third-order valence-electron chi connectivity index (χ3n) is 3.45. The van der Waals surface area contributed by atoms with Crippen LogP contribution in [0.1, 0.15) is 46.0 Å². The van der Waals surface area contributed by atoms with Crippen LogP contribution in [0.2, 0.25) is 0 Å². The molecule has 0 spiro atoms. The zero-order valence-electron chi connectivity index (χ0n) is 13.4. The average Bonchev–Trinajstić information content (AvgIpc) is 2.61. The van der Waals surface area contributed by atoms with E-state index in [1.54, 1.807) is 48.5 Å². The summed E-state index contributed by atoms with van der Waals surface area (Å²) in [5.41, 5.74) is 1.53. The lowest BCUT2D eigenvalue weighted by Gasteiger charge is -2.07. The SMILES string of the molecule is CCCCOc1ccc(C(=O)c2ccc(C(=O)OC)cc2)cc1. The maximum absolute atomic E-state index is 12.4. The number of hydrogen-bond acceptors (Lipinski definition) is 4. The lowest BCUT2D eigenvalue weighted by Crippen LogP contribution is -2.04. The van der Waals surface area contributed by atoms with Gasteiger partial charge in [-0.05, 0) is 42.8 Å². The topological polar surface area (TPSA) is 52.6 Å². The molecule has 23 heavy (non-hydrogen) atoms. The molecule has 0 aliphatic carbocycles. The molecule has 2 aromatic carbocycles. The fraction of sp³-hybridized carbons (Fsp3) is 0.263. The average molecular weight is 312 g/mol. The monoisotopic (exact) mass is 312 g/mol. The van der Waals surface area contributed by atoms with Crippen molar-refractivity contribution in [3.05, 3.63) is 65.2 Å². The summed E-state index contributed by atoms with van der Waals surface area (Å²) in [4.78, 5) is 23.8. The van der Waals surface area contributed by atoms with Crippen molar-refractivity contribution in [2.75, 3.05) is 13.7 Å². The number of unbranched alkanes of at least 4 members (excludes halogenated alkanes) is 1. The molecule has 2 rings (SSSR count). The van der Waals surface area contributed by atoms with Gasteiger partial charge >= 0.3 is 5.97 Å². The number of rotatable bonds is 7. The van der Waals surface area contributed by atoms with Gasteiger partial charge in [-0.3, -0.25) is 4.79 Å². The minimum Gasteiger partial charge on any atom is -0.494 e. The van der Waals surface area contributed by atoms with Crippen LogP contribution in [0.15, 0.2) is 48.5 Å². The molecule has 0 fully saturated rings. The zero-order chi connectivity index (χ0) is 16.7. The van der Waals surface area contributed by atoms with Gasteiger partial charge in [-0.2, -0.15) is 0 Å². The van der Waals surface area contributed by atoms with Gasteiger partial charge in [-0.1, -0.05) is 25.5 Å². The van der Waals surface area contributed by atoms with Gasteiger partial charge in [0.05, 0.1) is 19.3 Å². The minimum absolute atomic E-state index is 0.0958. The van der Waals surface area contributed by atoms with Gasteiger partial charge in [0.1, 0.15) is 5.75 Å². The van der Waals surface area contributed by atoms with Crippen molar-refractivity contribution in [1.29, 1.82) is 0 Å². The molecule has 0 radical (unpaired) electrons. The molecule has 0 saturated carbocycles. The third kappa shape index (κ3) is 4.42. The highest BCUT2D eigenvalue weighted by molar-refractivity contribution is 6.09. The van der Waals surface area contributed by atoms with Crippen LogP contribution >= 0.6 is 0 Å². The van der Waals surface area contributed by atoms with E-state index in [-0.39, 0.29) is 5.78 Å². The quantitative estimate of drug-likeness (QED) is 0.442. The number of ether oxygens (including phenoxy) is 2. The van der Waals surface area contributed by atoms with Crippen molar-refractivity contribution in [1.82, 2.24) is 0 Å². The molecule has 0 aromatic heterocycles. The van der Waals surface area contributed by atoms with Crippen molar-refractivity contribution < 1.29 is 19.1 Å². The van der Waals surface area contributed by atoms with E-state index in [1.807, 2.05) is 0 Å². The molecule has 0 N–H and O–H groups in total. The Morgan fingerprint density at radius 3 is 1.91 bits per heavy atom. The van der Waals surface area contributed by atoms with E-state index in [0.29, 0.717) is 23.3 Å². The van der Waals surface area contributed by atoms with Crippen LogP contribution in [0.4, 0.5) is 0 Å². The van der Waals surface area contributed by atoms with Gasteiger partial charge < -0.3 is 9.47 Å². The van der Waals surface area contributed by atoms with Crippen LogP contribution in [0, 0.1) is 0 Å². The van der Waals surface area contributed by atoms with Crippen molar-refractivity contribution in [3.63, 3.8) is 0 Å². The zero-order valence-corrected chi connectivity index (χ0v) is 13.4. The van der Waals surface area contributed by atoms with Crippen molar-refractivity contribution in [2.24, 2.45) is 0 Å². The Bertz CT molecular complexity index is 657. The Hall–Kier alpha value is -2.62. The van der Waals surface area contributed by atoms with Gasteiger partial charge in [0.2, 0.25) is 0 Å². The van der Waals surface area contributed by atoms with Crippen LogP contribution in [0.25, 0.3) is 0 Å². The second-order valence-electron chi connectivity index (χ2n) is 5.12. The maximum atomic E-state index is 12.4. The highest BCUT2D eigenvalue weighted by Crippen LogP contribution is 2.16. The second-order valence-corrected chi connectivity index (χ2v) is 5.12. The molecule has 4 nitrogen and oxygen atoms in total. The van der Waals surface area contributed by atoms with Gasteiger partial charge in [0.15, 0.2) is 5.78 Å². The van der Waals surface area contributed by atoms with E-state index in [9.17, 15) is 9.59 Å². The third-order valence-corrected chi connectivity index (χ3v) is 3.45. The largest absolute Gasteiger partial charge is 0.494 e. The Morgan fingerprint density at radius 2 is 1.39 bits per heavy atom. The molecule has 0 heterocycles. The first kappa shape index (κ1) is 16.7. The van der Waals surface area contributed by atoms with E-state index >= 15 is 0 Å². The number of hydrogen-bond donors (Lipinski definition) is 0. The van der Waals surface area contributed by atoms with E-state index in [0.717, 1.165) is 18.6 Å². The summed E-state index contributed by atoms with van der Waals surface area (Å²) in [6.07, 6.45) is 2.09. The molecule has 0 saturated heterocycles. The van der Waals surface area contributed by atoms with Crippen LogP contribution in [-0.2, 0) is 4.74 Å². The molecule has 2 aromatic rings. The maximum Gasteiger partial charge on any atom is 0.337 e. The minimum atomic E-state index is -0.419. The molecule has 0 unspecified atom stereocenters. The molecule has 4 heteroatoms. The van der Waals surface area contributed by atoms with E-state index in [2.05, 4.69) is 11.7 Å². The number of methoxy groups -OCH3 is 1. The number of carbonyl (C=O) groups is 2. The molecule has 0 atom stereocenters. The molecule has 0 aliphatic rings. The van der Waals surface area contributed by atoms with Gasteiger partial charge in [-0.15, -0.1) is 0 Å². The molecule has 0 aliphatic heterocycles. The Balaban J connectivity index is 2.06. The first-order valence-electron chi connectivity index (χ1n) is 7.61. The molecule has 120 valence electrons. The summed E-state index contributed by atoms with van der Waals surface area (Å²) in [7, 11) is 1.32. The summed E-state index contributed by atoms with van der Waals surface area (Å²) in [5.74, 6) is 0.246. The van der Waals surface area contributed by atoms with E-state index in [4.69, 9.17) is 4.74 Å². The lowest BCUT2D eigenvalue weighted by molar-refractivity contribution is 0.0600. The van der Waals surface area contributed by atoms with Crippen LogP contribution in [0.3, 0.4) is 0 Å². The fourth-order valence-electron chi connectivity index (χ4n) is 2.08. The Labute approximate surface area is 136 Å². The molecule has 0 bridgehead atoms. The number of carbonyl (C=O) groups excluding carboxylic acids is 2. The first-order valence-corrected chi connectivity index (χ1v) is 7.61. The Kier molecular flexibility index (Phi) is 5.92. The Morgan fingerprint density at radius 1 is 0.870 bits per heavy atom. The van der Waals surface area contributed by atoms with Gasteiger partial charge in [-0.25, -0.2) is 4.79 Å². The predicted octanol–water partition coefficient (Wildman–Crippen LogP) is 3.88. The number of esters is 1. The van der Waals surface area contributed by atoms with Crippen LogP contribution in [-0.4, -0.2) is 25.5 Å². The molecular formula is C19H20O4. The van der Waals surface area contributed by atoms with Crippen molar-refractivity contribution >= 4 is 11.8 Å². The predicted molar refractivity (Wildman–Crippen MR) is 88.1 cm³/mol.